The van der Waals surface area contributed by atoms with Gasteiger partial charge in [-0.3, -0.25) is 5.10 Å². The maximum Gasteiger partial charge on any atom is 0.265 e. The van der Waals surface area contributed by atoms with Crippen molar-refractivity contribution in [3.05, 3.63) is 18.2 Å². The smallest absolute Gasteiger partial charge is 0.265 e. The molecule has 0 saturated carbocycles. The standard InChI is InChI=1S/C9H13N5O/c1-3-6(10-2)8-13-14-9(15-8)7-4-5-11-12-7/h4-6,10H,3H2,1-2H3,(H,11,12). The van der Waals surface area contributed by atoms with Crippen LogP contribution in [0.3, 0.4) is 0 Å². The Labute approximate surface area is 87.1 Å². The minimum Gasteiger partial charge on any atom is -0.418 e. The molecular weight excluding hydrogens is 194 g/mol. The molecule has 2 rings (SSSR count). The molecule has 0 aromatic carbocycles. The Bertz CT molecular complexity index is 404. The molecule has 2 heterocycles. The fourth-order valence-electron chi connectivity index (χ4n) is 1.36. The summed E-state index contributed by atoms with van der Waals surface area (Å²) in [7, 11) is 1.87. The van der Waals surface area contributed by atoms with Crippen molar-refractivity contribution in [1.29, 1.82) is 0 Å². The van der Waals surface area contributed by atoms with E-state index >= 15 is 0 Å². The second kappa shape index (κ2) is 4.22. The van der Waals surface area contributed by atoms with Crippen LogP contribution < -0.4 is 5.32 Å². The molecule has 6 heteroatoms. The highest BCUT2D eigenvalue weighted by Gasteiger charge is 2.15. The van der Waals surface area contributed by atoms with Gasteiger partial charge in [-0.05, 0) is 19.5 Å². The number of aromatic nitrogens is 4. The first-order valence-corrected chi connectivity index (χ1v) is 4.85. The summed E-state index contributed by atoms with van der Waals surface area (Å²) < 4.78 is 5.52. The summed E-state index contributed by atoms with van der Waals surface area (Å²) in [6.45, 7) is 2.06. The summed E-state index contributed by atoms with van der Waals surface area (Å²) in [6.07, 6.45) is 2.55. The Morgan fingerprint density at radius 2 is 2.40 bits per heavy atom. The molecule has 0 aliphatic heterocycles. The summed E-state index contributed by atoms with van der Waals surface area (Å²) >= 11 is 0. The van der Waals surface area contributed by atoms with Crippen molar-refractivity contribution in [2.45, 2.75) is 19.4 Å². The van der Waals surface area contributed by atoms with Gasteiger partial charge in [-0.15, -0.1) is 10.2 Å². The van der Waals surface area contributed by atoms with Gasteiger partial charge in [-0.2, -0.15) is 5.10 Å². The summed E-state index contributed by atoms with van der Waals surface area (Å²) in [5.41, 5.74) is 0.736. The second-order valence-corrected chi connectivity index (χ2v) is 3.17. The Balaban J connectivity index is 2.24. The number of nitrogens with zero attached hydrogens (tertiary/aromatic N) is 3. The fourth-order valence-corrected chi connectivity index (χ4v) is 1.36. The molecule has 0 saturated heterocycles. The van der Waals surface area contributed by atoms with E-state index in [4.69, 9.17) is 4.42 Å². The van der Waals surface area contributed by atoms with Crippen molar-refractivity contribution >= 4 is 0 Å². The maximum atomic E-state index is 5.52. The van der Waals surface area contributed by atoms with Crippen LogP contribution in [0.25, 0.3) is 11.6 Å². The van der Waals surface area contributed by atoms with E-state index in [2.05, 4.69) is 32.6 Å². The van der Waals surface area contributed by atoms with Gasteiger partial charge in [-0.25, -0.2) is 0 Å². The predicted octanol–water partition coefficient (Wildman–Crippen LogP) is 1.13. The van der Waals surface area contributed by atoms with Crippen LogP contribution in [0.5, 0.6) is 0 Å². The summed E-state index contributed by atoms with van der Waals surface area (Å²) in [6, 6.07) is 1.90. The van der Waals surface area contributed by atoms with Crippen LogP contribution in [-0.2, 0) is 0 Å². The third-order valence-electron chi connectivity index (χ3n) is 2.23. The lowest BCUT2D eigenvalue weighted by atomic mass is 10.2. The lowest BCUT2D eigenvalue weighted by molar-refractivity contribution is 0.414. The van der Waals surface area contributed by atoms with Crippen LogP contribution in [0.1, 0.15) is 25.3 Å². The molecule has 0 aliphatic rings. The number of H-pyrrole nitrogens is 1. The molecule has 2 aromatic rings. The van der Waals surface area contributed by atoms with Crippen LogP contribution in [-0.4, -0.2) is 27.4 Å². The van der Waals surface area contributed by atoms with E-state index in [0.29, 0.717) is 11.8 Å². The van der Waals surface area contributed by atoms with E-state index < -0.39 is 0 Å². The van der Waals surface area contributed by atoms with Gasteiger partial charge in [0.25, 0.3) is 5.89 Å². The van der Waals surface area contributed by atoms with Crippen molar-refractivity contribution < 1.29 is 4.42 Å². The molecule has 15 heavy (non-hydrogen) atoms. The molecular formula is C9H13N5O. The molecule has 0 bridgehead atoms. The van der Waals surface area contributed by atoms with E-state index in [0.717, 1.165) is 12.1 Å². The number of nitrogens with one attached hydrogen (secondary N) is 2. The zero-order chi connectivity index (χ0) is 10.7. The summed E-state index contributed by atoms with van der Waals surface area (Å²) in [4.78, 5) is 0. The first-order valence-electron chi connectivity index (χ1n) is 4.85. The first kappa shape index (κ1) is 9.85. The average Bonchev–Trinajstić information content (AvgIpc) is 2.89. The van der Waals surface area contributed by atoms with Crippen molar-refractivity contribution in [1.82, 2.24) is 25.7 Å². The molecule has 2 N–H and O–H groups in total. The minimum atomic E-state index is 0.106. The van der Waals surface area contributed by atoms with Gasteiger partial charge in [0.2, 0.25) is 5.89 Å². The van der Waals surface area contributed by atoms with Crippen LogP contribution in [0.4, 0.5) is 0 Å². The van der Waals surface area contributed by atoms with Gasteiger partial charge in [0, 0.05) is 6.20 Å². The largest absolute Gasteiger partial charge is 0.418 e. The normalized spacial score (nSPS) is 12.9. The highest BCUT2D eigenvalue weighted by Crippen LogP contribution is 2.19. The monoisotopic (exact) mass is 207 g/mol. The van der Waals surface area contributed by atoms with E-state index in [-0.39, 0.29) is 6.04 Å². The molecule has 2 aromatic heterocycles. The van der Waals surface area contributed by atoms with Crippen LogP contribution in [0, 0.1) is 0 Å². The van der Waals surface area contributed by atoms with Crippen molar-refractivity contribution in [3.8, 4) is 11.6 Å². The average molecular weight is 207 g/mol. The van der Waals surface area contributed by atoms with Gasteiger partial charge < -0.3 is 9.73 Å². The Hall–Kier alpha value is -1.69. The highest BCUT2D eigenvalue weighted by molar-refractivity contribution is 5.44. The number of aromatic amines is 1. The molecule has 0 fully saturated rings. The van der Waals surface area contributed by atoms with Crippen LogP contribution in [0.15, 0.2) is 16.7 Å². The van der Waals surface area contributed by atoms with E-state index in [9.17, 15) is 0 Å². The first-order chi connectivity index (χ1) is 7.35. The van der Waals surface area contributed by atoms with E-state index in [1.165, 1.54) is 0 Å². The van der Waals surface area contributed by atoms with Gasteiger partial charge in [0.05, 0.1) is 6.04 Å². The van der Waals surface area contributed by atoms with E-state index in [1.54, 1.807) is 12.3 Å². The second-order valence-electron chi connectivity index (χ2n) is 3.17. The van der Waals surface area contributed by atoms with Gasteiger partial charge in [0.1, 0.15) is 5.69 Å². The molecule has 0 radical (unpaired) electrons. The highest BCUT2D eigenvalue weighted by atomic mass is 16.4. The molecule has 80 valence electrons. The number of hydrogen-bond acceptors (Lipinski definition) is 5. The lowest BCUT2D eigenvalue weighted by Gasteiger charge is -2.06. The SMILES string of the molecule is CCC(NC)c1nnc(-c2ccn[nH]2)o1. The molecule has 0 aliphatic carbocycles. The predicted molar refractivity (Wildman–Crippen MR) is 54.0 cm³/mol. The zero-order valence-electron chi connectivity index (χ0n) is 8.69. The van der Waals surface area contributed by atoms with Gasteiger partial charge >= 0.3 is 0 Å². The minimum absolute atomic E-state index is 0.106. The quantitative estimate of drug-likeness (QED) is 0.785. The molecule has 0 amide bonds. The molecule has 1 atom stereocenters. The zero-order valence-corrected chi connectivity index (χ0v) is 8.69. The molecule has 1 unspecified atom stereocenters. The topological polar surface area (TPSA) is 79.6 Å². The van der Waals surface area contributed by atoms with Crippen molar-refractivity contribution in [3.63, 3.8) is 0 Å². The third-order valence-corrected chi connectivity index (χ3v) is 2.23. The van der Waals surface area contributed by atoms with Crippen LogP contribution >= 0.6 is 0 Å². The van der Waals surface area contributed by atoms with Gasteiger partial charge in [0.15, 0.2) is 0 Å². The van der Waals surface area contributed by atoms with E-state index in [1.807, 2.05) is 7.05 Å². The maximum absolute atomic E-state index is 5.52. The summed E-state index contributed by atoms with van der Waals surface area (Å²) in [5, 5.41) is 17.6. The van der Waals surface area contributed by atoms with Gasteiger partial charge in [-0.1, -0.05) is 6.92 Å². The Morgan fingerprint density at radius 3 is 3.00 bits per heavy atom. The Morgan fingerprint density at radius 1 is 1.53 bits per heavy atom. The van der Waals surface area contributed by atoms with Crippen LogP contribution in [0.2, 0.25) is 0 Å². The number of hydrogen-bond donors (Lipinski definition) is 2. The molecule has 0 spiro atoms. The van der Waals surface area contributed by atoms with Crippen molar-refractivity contribution in [2.24, 2.45) is 0 Å². The third kappa shape index (κ3) is 1.89. The Kier molecular flexibility index (Phi) is 2.77. The summed E-state index contributed by atoms with van der Waals surface area (Å²) in [5.74, 6) is 1.07. The fraction of sp³-hybridized carbons (Fsp3) is 0.444. The molecule has 6 nitrogen and oxygen atoms in total. The number of rotatable bonds is 4. The lowest BCUT2D eigenvalue weighted by Crippen LogP contribution is -2.15. The van der Waals surface area contributed by atoms with Crippen molar-refractivity contribution in [2.75, 3.05) is 7.05 Å².